The molecule has 0 bridgehead atoms. The average Bonchev–Trinajstić information content (AvgIpc) is 1.89. The molecule has 1 unspecified atom stereocenters. The molecule has 0 rings (SSSR count). The van der Waals surface area contributed by atoms with Crippen molar-refractivity contribution in [1.82, 2.24) is 0 Å². The molecule has 0 aromatic rings. The Morgan fingerprint density at radius 1 is 1.44 bits per heavy atom. The van der Waals surface area contributed by atoms with Gasteiger partial charge in [0.25, 0.3) is 0 Å². The second kappa shape index (κ2) is 5.79. The van der Waals surface area contributed by atoms with Crippen molar-refractivity contribution in [3.05, 3.63) is 12.2 Å². The van der Waals surface area contributed by atoms with Crippen molar-refractivity contribution in [2.45, 2.75) is 25.9 Å². The third-order valence-corrected chi connectivity index (χ3v) is 1.02. The summed E-state index contributed by atoms with van der Waals surface area (Å²) in [4.78, 5) is 0. The normalized spacial score (nSPS) is 14.6. The van der Waals surface area contributed by atoms with Crippen molar-refractivity contribution in [1.29, 1.82) is 0 Å². The van der Waals surface area contributed by atoms with Crippen LogP contribution in [0.2, 0.25) is 0 Å². The highest BCUT2D eigenvalue weighted by Crippen LogP contribution is 1.92. The maximum atomic E-state index is 8.78. The monoisotopic (exact) mass is 130 g/mol. The summed E-state index contributed by atoms with van der Waals surface area (Å²) < 4.78 is 0. The van der Waals surface area contributed by atoms with Gasteiger partial charge < -0.3 is 10.2 Å². The minimum absolute atomic E-state index is 0.145. The molecule has 2 N–H and O–H groups in total. The first-order valence-corrected chi connectivity index (χ1v) is 3.25. The average molecular weight is 130 g/mol. The highest BCUT2D eigenvalue weighted by molar-refractivity contribution is 4.82. The molecule has 0 aliphatic heterocycles. The first-order valence-electron chi connectivity index (χ1n) is 3.25. The van der Waals surface area contributed by atoms with Gasteiger partial charge in [0, 0.05) is 0 Å². The Morgan fingerprint density at radius 3 is 2.56 bits per heavy atom. The van der Waals surface area contributed by atoms with E-state index in [1.807, 2.05) is 19.1 Å². The summed E-state index contributed by atoms with van der Waals surface area (Å²) in [6.45, 7) is 1.88. The van der Waals surface area contributed by atoms with Gasteiger partial charge in [-0.15, -0.1) is 0 Å². The number of aliphatic hydroxyl groups is 2. The minimum atomic E-state index is -0.576. The zero-order valence-corrected chi connectivity index (χ0v) is 5.75. The van der Waals surface area contributed by atoms with Gasteiger partial charge in [0.1, 0.15) is 0 Å². The molecule has 0 spiro atoms. The van der Waals surface area contributed by atoms with Crippen LogP contribution in [0.25, 0.3) is 0 Å². The second-order valence-electron chi connectivity index (χ2n) is 1.95. The Bertz CT molecular complexity index is 79.0. The summed E-state index contributed by atoms with van der Waals surface area (Å²) in [5.41, 5.74) is 0. The molecule has 1 atom stereocenters. The van der Waals surface area contributed by atoms with Crippen molar-refractivity contribution >= 4 is 0 Å². The van der Waals surface area contributed by atoms with Crippen LogP contribution in [-0.4, -0.2) is 22.9 Å². The largest absolute Gasteiger partial charge is 0.394 e. The molecule has 0 aromatic heterocycles. The van der Waals surface area contributed by atoms with Crippen LogP contribution in [0.3, 0.4) is 0 Å². The lowest BCUT2D eigenvalue weighted by molar-refractivity contribution is 0.0975. The summed E-state index contributed by atoms with van der Waals surface area (Å²) in [6, 6.07) is 0. The molecular weight excluding hydrogens is 116 g/mol. The molecular formula is C7H14O2. The lowest BCUT2D eigenvalue weighted by Crippen LogP contribution is -2.09. The quantitative estimate of drug-likeness (QED) is 0.550. The summed E-state index contributed by atoms with van der Waals surface area (Å²) in [5.74, 6) is 0. The van der Waals surface area contributed by atoms with Gasteiger partial charge in [0.2, 0.25) is 0 Å². The van der Waals surface area contributed by atoms with E-state index in [1.54, 1.807) is 0 Å². The highest BCUT2D eigenvalue weighted by Gasteiger charge is 1.95. The van der Waals surface area contributed by atoms with E-state index < -0.39 is 6.10 Å². The fourth-order valence-corrected chi connectivity index (χ4v) is 0.495. The van der Waals surface area contributed by atoms with Crippen molar-refractivity contribution < 1.29 is 10.2 Å². The van der Waals surface area contributed by atoms with Crippen LogP contribution in [0.4, 0.5) is 0 Å². The van der Waals surface area contributed by atoms with E-state index in [1.165, 1.54) is 0 Å². The van der Waals surface area contributed by atoms with Gasteiger partial charge >= 0.3 is 0 Å². The van der Waals surface area contributed by atoms with E-state index in [4.69, 9.17) is 10.2 Å². The highest BCUT2D eigenvalue weighted by atomic mass is 16.3. The second-order valence-corrected chi connectivity index (χ2v) is 1.95. The van der Waals surface area contributed by atoms with Crippen LogP contribution in [0.15, 0.2) is 12.2 Å². The summed E-state index contributed by atoms with van der Waals surface area (Å²) in [6.07, 6.45) is 4.82. The van der Waals surface area contributed by atoms with Gasteiger partial charge in [-0.1, -0.05) is 19.1 Å². The molecule has 2 heteroatoms. The van der Waals surface area contributed by atoms with Crippen LogP contribution >= 0.6 is 0 Å². The molecule has 0 saturated carbocycles. The molecule has 0 fully saturated rings. The zero-order valence-electron chi connectivity index (χ0n) is 5.75. The third kappa shape index (κ3) is 5.53. The predicted octanol–water partition coefficient (Wildman–Crippen LogP) is 0.696. The summed E-state index contributed by atoms with van der Waals surface area (Å²) >= 11 is 0. The van der Waals surface area contributed by atoms with E-state index >= 15 is 0 Å². The molecule has 0 aliphatic rings. The smallest absolute Gasteiger partial charge is 0.0805 e. The molecule has 0 amide bonds. The van der Waals surface area contributed by atoms with Crippen molar-refractivity contribution in [3.8, 4) is 0 Å². The van der Waals surface area contributed by atoms with Gasteiger partial charge in [-0.25, -0.2) is 0 Å². The maximum Gasteiger partial charge on any atom is 0.0805 e. The first kappa shape index (κ1) is 8.66. The Balaban J connectivity index is 3.15. The van der Waals surface area contributed by atoms with Gasteiger partial charge in [-0.3, -0.25) is 0 Å². The van der Waals surface area contributed by atoms with Crippen molar-refractivity contribution in [2.24, 2.45) is 0 Å². The maximum absolute atomic E-state index is 8.78. The van der Waals surface area contributed by atoms with Crippen LogP contribution in [-0.2, 0) is 0 Å². The van der Waals surface area contributed by atoms with Crippen LogP contribution in [0.1, 0.15) is 19.8 Å². The Kier molecular flexibility index (Phi) is 5.57. The van der Waals surface area contributed by atoms with Crippen molar-refractivity contribution in [3.63, 3.8) is 0 Å². The van der Waals surface area contributed by atoms with Gasteiger partial charge in [0.15, 0.2) is 0 Å². The standard InChI is InChI=1S/C7H14O2/c1-2-3-4-5-7(9)6-8/h3-4,7-9H,2,5-6H2,1H3/b4-3-. The van der Waals surface area contributed by atoms with Gasteiger partial charge in [0.05, 0.1) is 12.7 Å². The van der Waals surface area contributed by atoms with E-state index in [9.17, 15) is 0 Å². The lowest BCUT2D eigenvalue weighted by atomic mass is 10.2. The number of allylic oxidation sites excluding steroid dienone is 1. The molecule has 9 heavy (non-hydrogen) atoms. The van der Waals surface area contributed by atoms with Gasteiger partial charge in [-0.2, -0.15) is 0 Å². The van der Waals surface area contributed by atoms with E-state index in [0.29, 0.717) is 6.42 Å². The SMILES string of the molecule is CC/C=C\CC(O)CO. The fourth-order valence-electron chi connectivity index (χ4n) is 0.495. The first-order chi connectivity index (χ1) is 4.31. The lowest BCUT2D eigenvalue weighted by Gasteiger charge is -1.99. The summed E-state index contributed by atoms with van der Waals surface area (Å²) in [5, 5.41) is 17.1. The molecule has 2 nitrogen and oxygen atoms in total. The van der Waals surface area contributed by atoms with Crippen LogP contribution in [0, 0.1) is 0 Å². The molecule has 0 heterocycles. The zero-order chi connectivity index (χ0) is 7.11. The number of rotatable bonds is 4. The van der Waals surface area contributed by atoms with Gasteiger partial charge in [-0.05, 0) is 12.8 Å². The Morgan fingerprint density at radius 2 is 2.11 bits per heavy atom. The fraction of sp³-hybridized carbons (Fsp3) is 0.714. The number of hydrogen-bond acceptors (Lipinski definition) is 2. The predicted molar refractivity (Wildman–Crippen MR) is 37.1 cm³/mol. The van der Waals surface area contributed by atoms with Crippen molar-refractivity contribution in [2.75, 3.05) is 6.61 Å². The third-order valence-electron chi connectivity index (χ3n) is 1.02. The number of aliphatic hydroxyl groups excluding tert-OH is 2. The molecule has 54 valence electrons. The Hall–Kier alpha value is -0.340. The van der Waals surface area contributed by atoms with E-state index in [-0.39, 0.29) is 6.61 Å². The van der Waals surface area contributed by atoms with Crippen LogP contribution in [0.5, 0.6) is 0 Å². The number of hydrogen-bond donors (Lipinski definition) is 2. The van der Waals surface area contributed by atoms with Crippen LogP contribution < -0.4 is 0 Å². The molecule has 0 aromatic carbocycles. The van der Waals surface area contributed by atoms with E-state index in [2.05, 4.69) is 0 Å². The minimum Gasteiger partial charge on any atom is -0.394 e. The molecule has 0 aliphatic carbocycles. The molecule has 0 radical (unpaired) electrons. The Labute approximate surface area is 55.8 Å². The van der Waals surface area contributed by atoms with E-state index in [0.717, 1.165) is 6.42 Å². The summed E-state index contributed by atoms with van der Waals surface area (Å²) in [7, 11) is 0. The topological polar surface area (TPSA) is 40.5 Å². The molecule has 0 saturated heterocycles.